The summed E-state index contributed by atoms with van der Waals surface area (Å²) < 4.78 is 1.22. The van der Waals surface area contributed by atoms with Crippen LogP contribution in [0, 0.1) is 6.92 Å². The molecule has 0 bridgehead atoms. The largest absolute Gasteiger partial charge is 0.379 e. The van der Waals surface area contributed by atoms with Gasteiger partial charge in [0.1, 0.15) is 0 Å². The predicted molar refractivity (Wildman–Crippen MR) is 98.6 cm³/mol. The average Bonchev–Trinajstić information content (AvgIpc) is 3.09. The maximum Gasteiger partial charge on any atom is 0.0495 e. The van der Waals surface area contributed by atoms with Gasteiger partial charge in [0.25, 0.3) is 0 Å². The Labute approximate surface area is 143 Å². The van der Waals surface area contributed by atoms with Gasteiger partial charge in [0.2, 0.25) is 0 Å². The van der Waals surface area contributed by atoms with Crippen molar-refractivity contribution in [2.75, 3.05) is 5.32 Å². The molecule has 0 radical (unpaired) electrons. The number of anilines is 1. The van der Waals surface area contributed by atoms with Gasteiger partial charge >= 0.3 is 0 Å². The van der Waals surface area contributed by atoms with Crippen LogP contribution in [0.2, 0.25) is 0 Å². The van der Waals surface area contributed by atoms with Crippen molar-refractivity contribution in [1.29, 1.82) is 0 Å². The molecule has 1 fully saturated rings. The maximum atomic E-state index is 3.61. The third-order valence-corrected chi connectivity index (χ3v) is 7.40. The molecule has 4 heteroatoms. The van der Waals surface area contributed by atoms with Crippen molar-refractivity contribution in [3.63, 3.8) is 0 Å². The molecule has 1 saturated carbocycles. The highest BCUT2D eigenvalue weighted by atomic mass is 79.9. The summed E-state index contributed by atoms with van der Waals surface area (Å²) in [6, 6.07) is 10.9. The van der Waals surface area contributed by atoms with Crippen LogP contribution in [-0.4, -0.2) is 5.25 Å². The fraction of sp³-hybridized carbons (Fsp3) is 0.412. The lowest BCUT2D eigenvalue weighted by molar-refractivity contribution is 0.886. The summed E-state index contributed by atoms with van der Waals surface area (Å²) in [5.74, 6) is 0. The Morgan fingerprint density at radius 3 is 2.76 bits per heavy atom. The topological polar surface area (TPSA) is 12.0 Å². The van der Waals surface area contributed by atoms with Gasteiger partial charge in [-0.15, -0.1) is 23.1 Å². The number of aryl methyl sites for hydroxylation is 1. The summed E-state index contributed by atoms with van der Waals surface area (Å²) in [6.45, 7) is 3.06. The van der Waals surface area contributed by atoms with E-state index in [1.165, 1.54) is 50.5 Å². The highest BCUT2D eigenvalue weighted by Gasteiger charge is 2.17. The summed E-state index contributed by atoms with van der Waals surface area (Å²) in [7, 11) is 0. The molecule has 21 heavy (non-hydrogen) atoms. The molecule has 0 amide bonds. The number of thiophene rings is 1. The SMILES string of the molecule is Cc1sc(CNc2ccccc2SC2CCCC2)cc1Br. The van der Waals surface area contributed by atoms with E-state index in [-0.39, 0.29) is 0 Å². The molecular weight excluding hydrogens is 362 g/mol. The monoisotopic (exact) mass is 381 g/mol. The Bertz CT molecular complexity index is 583. The van der Waals surface area contributed by atoms with Crippen LogP contribution >= 0.6 is 39.0 Å². The Kier molecular flexibility index (Phi) is 5.30. The second-order valence-electron chi connectivity index (χ2n) is 5.49. The number of thioether (sulfide) groups is 1. The van der Waals surface area contributed by atoms with Gasteiger partial charge in [-0.05, 0) is 53.9 Å². The van der Waals surface area contributed by atoms with Crippen molar-refractivity contribution in [3.8, 4) is 0 Å². The van der Waals surface area contributed by atoms with E-state index >= 15 is 0 Å². The second-order valence-corrected chi connectivity index (χ2v) is 9.03. The molecule has 1 aromatic carbocycles. The third kappa shape index (κ3) is 4.05. The zero-order valence-corrected chi connectivity index (χ0v) is 15.4. The van der Waals surface area contributed by atoms with Crippen LogP contribution in [0.4, 0.5) is 5.69 Å². The number of benzene rings is 1. The number of nitrogens with one attached hydrogen (secondary N) is 1. The first kappa shape index (κ1) is 15.4. The normalized spacial score (nSPS) is 15.5. The first-order chi connectivity index (χ1) is 10.2. The Morgan fingerprint density at radius 1 is 1.29 bits per heavy atom. The van der Waals surface area contributed by atoms with Gasteiger partial charge < -0.3 is 5.32 Å². The molecule has 1 N–H and O–H groups in total. The molecule has 1 aliphatic carbocycles. The molecule has 0 spiro atoms. The second kappa shape index (κ2) is 7.21. The lowest BCUT2D eigenvalue weighted by Gasteiger charge is -2.14. The van der Waals surface area contributed by atoms with Gasteiger partial charge in [-0.1, -0.05) is 25.0 Å². The fourth-order valence-corrected chi connectivity index (χ4v) is 5.58. The average molecular weight is 382 g/mol. The van der Waals surface area contributed by atoms with Gasteiger partial charge in [0.15, 0.2) is 0 Å². The van der Waals surface area contributed by atoms with Crippen LogP contribution in [0.15, 0.2) is 39.7 Å². The summed E-state index contributed by atoms with van der Waals surface area (Å²) in [5, 5.41) is 4.42. The zero-order chi connectivity index (χ0) is 14.7. The smallest absolute Gasteiger partial charge is 0.0495 e. The fourth-order valence-electron chi connectivity index (χ4n) is 2.69. The van der Waals surface area contributed by atoms with Gasteiger partial charge in [-0.2, -0.15) is 0 Å². The van der Waals surface area contributed by atoms with Crippen LogP contribution < -0.4 is 5.32 Å². The zero-order valence-electron chi connectivity index (χ0n) is 12.2. The molecular formula is C17H20BrNS2. The summed E-state index contributed by atoms with van der Waals surface area (Å²) >= 11 is 7.50. The summed E-state index contributed by atoms with van der Waals surface area (Å²) in [5.41, 5.74) is 1.27. The van der Waals surface area contributed by atoms with E-state index in [0.29, 0.717) is 0 Å². The van der Waals surface area contributed by atoms with E-state index in [2.05, 4.69) is 70.3 Å². The highest BCUT2D eigenvalue weighted by molar-refractivity contribution is 9.10. The first-order valence-corrected chi connectivity index (χ1v) is 9.95. The quantitative estimate of drug-likeness (QED) is 0.636. The number of hydrogen-bond donors (Lipinski definition) is 1. The van der Waals surface area contributed by atoms with Crippen molar-refractivity contribution in [3.05, 3.63) is 44.6 Å². The van der Waals surface area contributed by atoms with Crippen molar-refractivity contribution >= 4 is 44.7 Å². The molecule has 1 heterocycles. The number of para-hydroxylation sites is 1. The van der Waals surface area contributed by atoms with E-state index in [4.69, 9.17) is 0 Å². The lowest BCUT2D eigenvalue weighted by Crippen LogP contribution is -2.01. The molecule has 0 saturated heterocycles. The highest BCUT2D eigenvalue weighted by Crippen LogP contribution is 2.38. The minimum absolute atomic E-state index is 0.811. The number of rotatable bonds is 5. The molecule has 2 aromatic rings. The lowest BCUT2D eigenvalue weighted by atomic mass is 10.3. The maximum absolute atomic E-state index is 3.61. The van der Waals surface area contributed by atoms with Crippen molar-refractivity contribution in [2.24, 2.45) is 0 Å². The first-order valence-electron chi connectivity index (χ1n) is 7.47. The molecule has 3 rings (SSSR count). The van der Waals surface area contributed by atoms with E-state index in [1.54, 1.807) is 0 Å². The number of hydrogen-bond acceptors (Lipinski definition) is 3. The van der Waals surface area contributed by atoms with Gasteiger partial charge in [-0.25, -0.2) is 0 Å². The Morgan fingerprint density at radius 2 is 2.05 bits per heavy atom. The van der Waals surface area contributed by atoms with E-state index in [0.717, 1.165) is 11.8 Å². The summed E-state index contributed by atoms with van der Waals surface area (Å²) in [6.07, 6.45) is 5.54. The molecule has 1 aromatic heterocycles. The van der Waals surface area contributed by atoms with Gasteiger partial charge in [0.05, 0.1) is 0 Å². The van der Waals surface area contributed by atoms with Crippen LogP contribution in [-0.2, 0) is 6.54 Å². The van der Waals surface area contributed by atoms with Crippen LogP contribution in [0.25, 0.3) is 0 Å². The molecule has 1 nitrogen and oxygen atoms in total. The summed E-state index contributed by atoms with van der Waals surface area (Å²) in [4.78, 5) is 4.12. The van der Waals surface area contributed by atoms with Crippen LogP contribution in [0.3, 0.4) is 0 Å². The van der Waals surface area contributed by atoms with Gasteiger partial charge in [0, 0.05) is 36.6 Å². The standard InChI is InChI=1S/C17H20BrNS2/c1-12-15(18)10-14(20-12)11-19-16-8-4-5-9-17(16)21-13-6-2-3-7-13/h4-5,8-10,13,19H,2-3,6-7,11H2,1H3. The van der Waals surface area contributed by atoms with Crippen LogP contribution in [0.1, 0.15) is 35.4 Å². The Balaban J connectivity index is 1.66. The van der Waals surface area contributed by atoms with E-state index in [9.17, 15) is 0 Å². The van der Waals surface area contributed by atoms with Crippen molar-refractivity contribution < 1.29 is 0 Å². The van der Waals surface area contributed by atoms with E-state index < -0.39 is 0 Å². The van der Waals surface area contributed by atoms with Crippen LogP contribution in [0.5, 0.6) is 0 Å². The predicted octanol–water partition coefficient (Wildman–Crippen LogP) is 6.47. The molecule has 0 aliphatic heterocycles. The molecule has 0 atom stereocenters. The van der Waals surface area contributed by atoms with Crippen molar-refractivity contribution in [1.82, 2.24) is 0 Å². The molecule has 0 unspecified atom stereocenters. The minimum atomic E-state index is 0.811. The van der Waals surface area contributed by atoms with Gasteiger partial charge in [-0.3, -0.25) is 0 Å². The van der Waals surface area contributed by atoms with E-state index in [1.807, 2.05) is 11.3 Å². The number of halogens is 1. The van der Waals surface area contributed by atoms with Crippen molar-refractivity contribution in [2.45, 2.75) is 49.3 Å². The molecule has 1 aliphatic rings. The molecule has 112 valence electrons. The minimum Gasteiger partial charge on any atom is -0.379 e. The Hall–Kier alpha value is -0.450. The third-order valence-electron chi connectivity index (χ3n) is 3.84.